The molecular weight excluding hydrogens is 673 g/mol. The largest absolute Gasteiger partial charge is 0.501 e. The molecule has 39 heavy (non-hydrogen) atoms. The fourth-order valence-electron chi connectivity index (χ4n) is 4.51. The van der Waals surface area contributed by atoms with Crippen LogP contribution in [0.5, 0.6) is 0 Å². The van der Waals surface area contributed by atoms with Crippen LogP contribution in [0.4, 0.5) is 0 Å². The molecule has 0 atom stereocenters. The maximum atomic E-state index is 6.44. The van der Waals surface area contributed by atoms with E-state index in [-0.39, 0.29) is 20.1 Å². The van der Waals surface area contributed by atoms with E-state index in [0.29, 0.717) is 5.92 Å². The van der Waals surface area contributed by atoms with Crippen LogP contribution >= 0.6 is 0 Å². The van der Waals surface area contributed by atoms with E-state index in [1.54, 1.807) is 6.20 Å². The molecule has 3 aromatic heterocycles. The van der Waals surface area contributed by atoms with Gasteiger partial charge in [0.05, 0.1) is 13.7 Å². The van der Waals surface area contributed by atoms with Gasteiger partial charge in [0.1, 0.15) is 5.58 Å². The molecule has 0 aliphatic rings. The zero-order valence-electron chi connectivity index (χ0n) is 23.0. The summed E-state index contributed by atoms with van der Waals surface area (Å²) in [5.41, 5.74) is 7.02. The normalized spacial score (nSPS) is 11.2. The second-order valence-corrected chi connectivity index (χ2v) is 15.8. The van der Waals surface area contributed by atoms with E-state index in [1.165, 1.54) is 16.1 Å². The van der Waals surface area contributed by atoms with Crippen LogP contribution in [0.25, 0.3) is 44.5 Å². The summed E-state index contributed by atoms with van der Waals surface area (Å²) in [6.07, 6.45) is 3.75. The van der Waals surface area contributed by atoms with E-state index >= 15 is 0 Å². The summed E-state index contributed by atoms with van der Waals surface area (Å²) in [4.78, 5) is 8.90. The van der Waals surface area contributed by atoms with Crippen LogP contribution in [0, 0.1) is 12.1 Å². The van der Waals surface area contributed by atoms with Gasteiger partial charge in [-0.25, -0.2) is 0 Å². The summed E-state index contributed by atoms with van der Waals surface area (Å²) in [7, 11) is -1.50. The molecule has 0 bridgehead atoms. The zero-order chi connectivity index (χ0) is 26.7. The first-order chi connectivity index (χ1) is 18.3. The molecule has 5 heteroatoms. The molecule has 0 amide bonds. The number of benzene rings is 3. The SMILES string of the molecule is CC(C)c1ccc(-c2[c-]ccc3c2oc2c([Si](C)(C)C)cccc23)nc1.[Ir].[c-]1ccccc1-c1ccccn1. The monoisotopic (exact) mass is 705 g/mol. The number of aromatic nitrogens is 2. The smallest absolute Gasteiger partial charge is 0.120 e. The Kier molecular flexibility index (Phi) is 8.96. The Morgan fingerprint density at radius 1 is 0.718 bits per heavy atom. The Bertz CT molecular complexity index is 1620. The topological polar surface area (TPSA) is 38.9 Å². The molecule has 0 fully saturated rings. The van der Waals surface area contributed by atoms with E-state index < -0.39 is 8.07 Å². The predicted molar refractivity (Wildman–Crippen MR) is 161 cm³/mol. The second-order valence-electron chi connectivity index (χ2n) is 10.8. The van der Waals surface area contributed by atoms with Gasteiger partial charge in [-0.3, -0.25) is 0 Å². The summed E-state index contributed by atoms with van der Waals surface area (Å²) in [5.74, 6) is 0.474. The maximum absolute atomic E-state index is 6.44. The van der Waals surface area contributed by atoms with Crippen LogP contribution in [-0.2, 0) is 20.1 Å². The van der Waals surface area contributed by atoms with Crippen molar-refractivity contribution in [3.05, 3.63) is 115 Å². The van der Waals surface area contributed by atoms with Crippen LogP contribution in [0.1, 0.15) is 25.3 Å². The Balaban J connectivity index is 0.000000228. The molecule has 3 aromatic carbocycles. The first kappa shape index (κ1) is 28.6. The molecule has 0 saturated carbocycles. The van der Waals surface area contributed by atoms with Gasteiger partial charge in [0, 0.05) is 37.9 Å². The van der Waals surface area contributed by atoms with Crippen LogP contribution in [0.2, 0.25) is 19.6 Å². The van der Waals surface area contributed by atoms with Gasteiger partial charge < -0.3 is 14.4 Å². The molecule has 3 nitrogen and oxygen atoms in total. The van der Waals surface area contributed by atoms with Crippen molar-refractivity contribution in [1.82, 2.24) is 9.97 Å². The summed E-state index contributed by atoms with van der Waals surface area (Å²) in [6.45, 7) is 11.4. The van der Waals surface area contributed by atoms with Crippen molar-refractivity contribution in [1.29, 1.82) is 0 Å². The number of furan rings is 1. The van der Waals surface area contributed by atoms with E-state index in [2.05, 4.69) is 92.0 Å². The first-order valence-corrected chi connectivity index (χ1v) is 16.5. The molecule has 3 heterocycles. The van der Waals surface area contributed by atoms with Crippen molar-refractivity contribution in [3.8, 4) is 22.5 Å². The molecule has 1 radical (unpaired) electrons. The summed E-state index contributed by atoms with van der Waals surface area (Å²) in [6, 6.07) is 35.0. The standard InChI is InChI=1S/C23H24NOSi.C11H8N.Ir/c1-15(2)16-12-13-20(24-14-16)19-10-6-8-17-18-9-7-11-21(26(3,4)5)23(18)25-22(17)19;1-2-6-10(7-3-1)11-8-4-5-9-12-11;/h6-9,11-15H,1-5H3;1-6,8-9H;/q2*-1;. The number of nitrogens with zero attached hydrogens (tertiary/aromatic N) is 2. The molecule has 0 saturated heterocycles. The van der Waals surface area contributed by atoms with Crippen LogP contribution in [0.15, 0.2) is 102 Å². The maximum Gasteiger partial charge on any atom is 0.120 e. The first-order valence-electron chi connectivity index (χ1n) is 13.0. The van der Waals surface area contributed by atoms with Gasteiger partial charge in [-0.1, -0.05) is 86.9 Å². The fourth-order valence-corrected chi connectivity index (χ4v) is 5.98. The molecule has 0 aliphatic heterocycles. The number of pyridine rings is 2. The molecular formula is C34H32IrN2OSi-2. The minimum atomic E-state index is -1.50. The minimum absolute atomic E-state index is 0. The van der Waals surface area contributed by atoms with Gasteiger partial charge in [0.15, 0.2) is 0 Å². The van der Waals surface area contributed by atoms with Crippen molar-refractivity contribution < 1.29 is 24.5 Å². The Labute approximate surface area is 245 Å². The average molecular weight is 705 g/mol. The van der Waals surface area contributed by atoms with Crippen LogP contribution in [-0.4, -0.2) is 18.0 Å². The molecule has 0 spiro atoms. The molecule has 0 aliphatic carbocycles. The summed E-state index contributed by atoms with van der Waals surface area (Å²) >= 11 is 0. The third-order valence-electron chi connectivity index (χ3n) is 6.63. The van der Waals surface area contributed by atoms with Gasteiger partial charge >= 0.3 is 0 Å². The third kappa shape index (κ3) is 6.28. The minimum Gasteiger partial charge on any atom is -0.501 e. The van der Waals surface area contributed by atoms with Gasteiger partial charge in [-0.15, -0.1) is 54.1 Å². The molecule has 0 N–H and O–H groups in total. The number of para-hydroxylation sites is 1. The van der Waals surface area contributed by atoms with Gasteiger partial charge in [-0.05, 0) is 34.1 Å². The van der Waals surface area contributed by atoms with Crippen LogP contribution in [0.3, 0.4) is 0 Å². The fraction of sp³-hybridized carbons (Fsp3) is 0.176. The number of hydrogen-bond acceptors (Lipinski definition) is 3. The molecule has 6 rings (SSSR count). The second kappa shape index (κ2) is 12.2. The van der Waals surface area contributed by atoms with E-state index in [9.17, 15) is 0 Å². The Morgan fingerprint density at radius 3 is 2.15 bits per heavy atom. The van der Waals surface area contributed by atoms with Crippen molar-refractivity contribution in [2.75, 3.05) is 0 Å². The summed E-state index contributed by atoms with van der Waals surface area (Å²) in [5, 5.41) is 3.69. The van der Waals surface area contributed by atoms with Gasteiger partial charge in [-0.2, -0.15) is 0 Å². The third-order valence-corrected chi connectivity index (χ3v) is 8.64. The van der Waals surface area contributed by atoms with E-state index in [4.69, 9.17) is 4.42 Å². The Morgan fingerprint density at radius 2 is 1.51 bits per heavy atom. The number of rotatable bonds is 4. The van der Waals surface area contributed by atoms with Crippen LogP contribution < -0.4 is 5.19 Å². The van der Waals surface area contributed by atoms with E-state index in [0.717, 1.165) is 39.1 Å². The quantitative estimate of drug-likeness (QED) is 0.136. The van der Waals surface area contributed by atoms with Gasteiger partial charge in [0.25, 0.3) is 0 Å². The average Bonchev–Trinajstić information content (AvgIpc) is 3.33. The Hall–Kier alpha value is -3.37. The van der Waals surface area contributed by atoms with Crippen molar-refractivity contribution in [2.24, 2.45) is 0 Å². The molecule has 199 valence electrons. The zero-order valence-corrected chi connectivity index (χ0v) is 26.3. The van der Waals surface area contributed by atoms with Crippen molar-refractivity contribution in [2.45, 2.75) is 39.4 Å². The molecule has 6 aromatic rings. The molecule has 0 unspecified atom stereocenters. The van der Waals surface area contributed by atoms with Crippen molar-refractivity contribution >= 4 is 35.2 Å². The van der Waals surface area contributed by atoms with Gasteiger partial charge in [0.2, 0.25) is 0 Å². The predicted octanol–water partition coefficient (Wildman–Crippen LogP) is 8.66. The van der Waals surface area contributed by atoms with Crippen molar-refractivity contribution in [3.63, 3.8) is 0 Å². The number of fused-ring (bicyclic) bond motifs is 3. The van der Waals surface area contributed by atoms with E-state index in [1.807, 2.05) is 54.7 Å². The summed E-state index contributed by atoms with van der Waals surface area (Å²) < 4.78 is 6.44. The number of hydrogen-bond donors (Lipinski definition) is 0.